The van der Waals surface area contributed by atoms with Crippen molar-refractivity contribution in [2.75, 3.05) is 19.8 Å². The molecule has 0 heterocycles. The summed E-state index contributed by atoms with van der Waals surface area (Å²) in [6.45, 7) is 5.80. The summed E-state index contributed by atoms with van der Waals surface area (Å²) >= 11 is 0. The zero-order valence-corrected chi connectivity index (χ0v) is 9.96. The van der Waals surface area contributed by atoms with Gasteiger partial charge in [-0.2, -0.15) is 0 Å². The van der Waals surface area contributed by atoms with E-state index in [9.17, 15) is 4.39 Å². The predicted molar refractivity (Wildman–Crippen MR) is 62.4 cm³/mol. The van der Waals surface area contributed by atoms with E-state index in [4.69, 9.17) is 9.47 Å². The smallest absolute Gasteiger partial charge is 0.126 e. The number of rotatable bonds is 7. The Balaban J connectivity index is 2.23. The quantitative estimate of drug-likeness (QED) is 0.664. The monoisotopic (exact) mass is 226 g/mol. The van der Waals surface area contributed by atoms with Crippen LogP contribution in [0.25, 0.3) is 0 Å². The van der Waals surface area contributed by atoms with Crippen LogP contribution in [-0.2, 0) is 4.74 Å². The predicted octanol–water partition coefficient (Wildman–Crippen LogP) is 3.33. The summed E-state index contributed by atoms with van der Waals surface area (Å²) in [4.78, 5) is 0. The minimum absolute atomic E-state index is 0.271. The minimum atomic E-state index is -0.271. The van der Waals surface area contributed by atoms with E-state index in [-0.39, 0.29) is 5.82 Å². The molecule has 0 fully saturated rings. The van der Waals surface area contributed by atoms with Gasteiger partial charge in [0.25, 0.3) is 0 Å². The van der Waals surface area contributed by atoms with Crippen molar-refractivity contribution in [2.45, 2.75) is 26.7 Å². The fourth-order valence-corrected chi connectivity index (χ4v) is 1.29. The molecular formula is C13H19FO2. The molecule has 0 radical (unpaired) electrons. The Labute approximate surface area is 96.4 Å². The number of hydrogen-bond acceptors (Lipinski definition) is 2. The van der Waals surface area contributed by atoms with Crippen LogP contribution >= 0.6 is 0 Å². The van der Waals surface area contributed by atoms with Gasteiger partial charge in [-0.1, -0.05) is 19.4 Å². The minimum Gasteiger partial charge on any atom is -0.491 e. The van der Waals surface area contributed by atoms with E-state index < -0.39 is 0 Å². The summed E-state index contributed by atoms with van der Waals surface area (Å²) in [5.41, 5.74) is 0.940. The second-order valence-corrected chi connectivity index (χ2v) is 3.72. The van der Waals surface area contributed by atoms with Crippen molar-refractivity contribution < 1.29 is 13.9 Å². The van der Waals surface area contributed by atoms with Crippen molar-refractivity contribution in [3.05, 3.63) is 29.6 Å². The summed E-state index contributed by atoms with van der Waals surface area (Å²) in [5.74, 6) is 0.326. The Morgan fingerprint density at radius 1 is 1.19 bits per heavy atom. The molecule has 1 rings (SSSR count). The zero-order valence-electron chi connectivity index (χ0n) is 9.96. The van der Waals surface area contributed by atoms with Gasteiger partial charge in [-0.15, -0.1) is 0 Å². The van der Waals surface area contributed by atoms with Crippen LogP contribution in [0.5, 0.6) is 5.75 Å². The van der Waals surface area contributed by atoms with Crippen LogP contribution in [0, 0.1) is 12.7 Å². The van der Waals surface area contributed by atoms with Crippen molar-refractivity contribution in [2.24, 2.45) is 0 Å². The molecule has 1 aromatic rings. The summed E-state index contributed by atoms with van der Waals surface area (Å²) in [6.07, 6.45) is 2.20. The molecule has 2 nitrogen and oxygen atoms in total. The number of aryl methyl sites for hydroxylation is 1. The molecule has 0 bridgehead atoms. The van der Waals surface area contributed by atoms with Crippen molar-refractivity contribution in [3.8, 4) is 5.75 Å². The molecule has 0 unspecified atom stereocenters. The molecule has 0 aliphatic heterocycles. The van der Waals surface area contributed by atoms with Gasteiger partial charge in [-0.05, 0) is 25.0 Å². The van der Waals surface area contributed by atoms with Crippen molar-refractivity contribution in [3.63, 3.8) is 0 Å². The number of unbranched alkanes of at least 4 members (excludes halogenated alkanes) is 1. The first kappa shape index (κ1) is 13.0. The molecule has 1 aromatic carbocycles. The van der Waals surface area contributed by atoms with Gasteiger partial charge in [0, 0.05) is 12.7 Å². The van der Waals surface area contributed by atoms with E-state index in [0.29, 0.717) is 19.0 Å². The van der Waals surface area contributed by atoms with E-state index in [1.807, 2.05) is 6.92 Å². The molecule has 0 atom stereocenters. The van der Waals surface area contributed by atoms with Gasteiger partial charge in [0.2, 0.25) is 0 Å². The summed E-state index contributed by atoms with van der Waals surface area (Å²) in [7, 11) is 0. The lowest BCUT2D eigenvalue weighted by Gasteiger charge is -2.09. The van der Waals surface area contributed by atoms with Crippen LogP contribution in [0.2, 0.25) is 0 Å². The van der Waals surface area contributed by atoms with E-state index in [2.05, 4.69) is 6.92 Å². The standard InChI is InChI=1S/C13H19FO2/c1-3-4-7-15-8-9-16-13-10-12(14)6-5-11(13)2/h5-6,10H,3-4,7-9H2,1-2H3. The second kappa shape index (κ2) is 7.23. The van der Waals surface area contributed by atoms with Crippen molar-refractivity contribution in [1.82, 2.24) is 0 Å². The maximum atomic E-state index is 12.9. The van der Waals surface area contributed by atoms with Gasteiger partial charge < -0.3 is 9.47 Å². The number of benzene rings is 1. The van der Waals surface area contributed by atoms with E-state index in [1.54, 1.807) is 6.07 Å². The molecule has 90 valence electrons. The van der Waals surface area contributed by atoms with Crippen LogP contribution < -0.4 is 4.74 Å². The molecule has 0 saturated carbocycles. The second-order valence-electron chi connectivity index (χ2n) is 3.72. The third-order valence-corrected chi connectivity index (χ3v) is 2.28. The third kappa shape index (κ3) is 4.62. The molecule has 16 heavy (non-hydrogen) atoms. The molecule has 0 saturated heterocycles. The van der Waals surface area contributed by atoms with Crippen molar-refractivity contribution in [1.29, 1.82) is 0 Å². The van der Waals surface area contributed by atoms with Gasteiger partial charge in [0.1, 0.15) is 18.2 Å². The van der Waals surface area contributed by atoms with Gasteiger partial charge in [0.05, 0.1) is 6.61 Å². The van der Waals surface area contributed by atoms with Crippen LogP contribution in [0.15, 0.2) is 18.2 Å². The summed E-state index contributed by atoms with van der Waals surface area (Å²) in [5, 5.41) is 0. The maximum Gasteiger partial charge on any atom is 0.126 e. The lowest BCUT2D eigenvalue weighted by molar-refractivity contribution is 0.0977. The Kier molecular flexibility index (Phi) is 5.86. The van der Waals surface area contributed by atoms with Gasteiger partial charge >= 0.3 is 0 Å². The highest BCUT2D eigenvalue weighted by Crippen LogP contribution is 2.18. The number of halogens is 1. The van der Waals surface area contributed by atoms with E-state index >= 15 is 0 Å². The van der Waals surface area contributed by atoms with Gasteiger partial charge in [-0.3, -0.25) is 0 Å². The Morgan fingerprint density at radius 3 is 2.75 bits per heavy atom. The SMILES string of the molecule is CCCCOCCOc1cc(F)ccc1C. The number of ether oxygens (including phenoxy) is 2. The first-order valence-electron chi connectivity index (χ1n) is 5.70. The van der Waals surface area contributed by atoms with Crippen LogP contribution in [0.1, 0.15) is 25.3 Å². The molecule has 0 aliphatic rings. The van der Waals surface area contributed by atoms with Gasteiger partial charge in [-0.25, -0.2) is 4.39 Å². The fraction of sp³-hybridized carbons (Fsp3) is 0.538. The first-order chi connectivity index (χ1) is 7.74. The Morgan fingerprint density at radius 2 is 2.00 bits per heavy atom. The summed E-state index contributed by atoms with van der Waals surface area (Å²) in [6, 6.07) is 4.55. The lowest BCUT2D eigenvalue weighted by atomic mass is 10.2. The van der Waals surface area contributed by atoms with Crippen LogP contribution in [0.4, 0.5) is 4.39 Å². The zero-order chi connectivity index (χ0) is 11.8. The fourth-order valence-electron chi connectivity index (χ4n) is 1.29. The van der Waals surface area contributed by atoms with Crippen molar-refractivity contribution >= 4 is 0 Å². The largest absolute Gasteiger partial charge is 0.491 e. The highest BCUT2D eigenvalue weighted by molar-refractivity contribution is 5.32. The maximum absolute atomic E-state index is 12.9. The van der Waals surface area contributed by atoms with Crippen LogP contribution in [-0.4, -0.2) is 19.8 Å². The number of hydrogen-bond donors (Lipinski definition) is 0. The van der Waals surface area contributed by atoms with Gasteiger partial charge in [0.15, 0.2) is 0 Å². The Hall–Kier alpha value is -1.09. The van der Waals surface area contributed by atoms with E-state index in [1.165, 1.54) is 12.1 Å². The topological polar surface area (TPSA) is 18.5 Å². The molecule has 3 heteroatoms. The highest BCUT2D eigenvalue weighted by atomic mass is 19.1. The highest BCUT2D eigenvalue weighted by Gasteiger charge is 2.00. The molecule has 0 aliphatic carbocycles. The molecule has 0 aromatic heterocycles. The molecule has 0 spiro atoms. The molecule has 0 amide bonds. The Bertz CT molecular complexity index is 313. The molecular weight excluding hydrogens is 207 g/mol. The average Bonchev–Trinajstić information content (AvgIpc) is 2.28. The summed E-state index contributed by atoms with van der Waals surface area (Å²) < 4.78 is 23.7. The van der Waals surface area contributed by atoms with Crippen LogP contribution in [0.3, 0.4) is 0 Å². The third-order valence-electron chi connectivity index (χ3n) is 2.28. The normalized spacial score (nSPS) is 10.4. The lowest BCUT2D eigenvalue weighted by Crippen LogP contribution is -2.08. The first-order valence-corrected chi connectivity index (χ1v) is 5.70. The average molecular weight is 226 g/mol. The molecule has 0 N–H and O–H groups in total. The van der Waals surface area contributed by atoms with E-state index in [0.717, 1.165) is 25.0 Å².